The zero-order valence-electron chi connectivity index (χ0n) is 11.7. The number of hydrogen-bond acceptors (Lipinski definition) is 1. The van der Waals surface area contributed by atoms with Crippen LogP contribution in [0.15, 0.2) is 65.2 Å². The van der Waals surface area contributed by atoms with E-state index in [2.05, 4.69) is 73.5 Å². The molecule has 0 N–H and O–H groups in total. The van der Waals surface area contributed by atoms with Gasteiger partial charge < -0.3 is 0 Å². The number of aryl methyl sites for hydroxylation is 1. The van der Waals surface area contributed by atoms with Gasteiger partial charge in [-0.05, 0) is 35.6 Å². The molecule has 98 valence electrons. The van der Waals surface area contributed by atoms with Crippen molar-refractivity contribution < 1.29 is 0 Å². The monoisotopic (exact) mass is 251 g/mol. The molecular weight excluding hydrogens is 230 g/mol. The molecule has 0 heterocycles. The average molecular weight is 251 g/mol. The van der Waals surface area contributed by atoms with Crippen LogP contribution in [0, 0.1) is 5.92 Å². The Hall–Kier alpha value is -1.89. The summed E-state index contributed by atoms with van der Waals surface area (Å²) in [5.74, 6) is 0.461. The van der Waals surface area contributed by atoms with Crippen molar-refractivity contribution in [3.05, 3.63) is 65.8 Å². The average Bonchev–Trinajstić information content (AvgIpc) is 2.63. The van der Waals surface area contributed by atoms with Crippen molar-refractivity contribution in [3.63, 3.8) is 0 Å². The van der Waals surface area contributed by atoms with Gasteiger partial charge in [-0.1, -0.05) is 62.8 Å². The van der Waals surface area contributed by atoms with Gasteiger partial charge in [-0.25, -0.2) is 0 Å². The number of allylic oxidation sites excluding steroid dienone is 6. The van der Waals surface area contributed by atoms with Crippen LogP contribution in [0.1, 0.15) is 25.8 Å². The van der Waals surface area contributed by atoms with Crippen molar-refractivity contribution in [2.45, 2.75) is 26.7 Å². The van der Waals surface area contributed by atoms with Crippen molar-refractivity contribution in [1.29, 1.82) is 0 Å². The summed E-state index contributed by atoms with van der Waals surface area (Å²) in [6.45, 7) is 4.38. The maximum absolute atomic E-state index is 4.53. The van der Waals surface area contributed by atoms with E-state index in [1.165, 1.54) is 12.0 Å². The lowest BCUT2D eigenvalue weighted by molar-refractivity contribution is 0.922. The van der Waals surface area contributed by atoms with Crippen LogP contribution in [0.3, 0.4) is 0 Å². The number of hydrogen-bond donors (Lipinski definition) is 0. The van der Waals surface area contributed by atoms with Crippen LogP contribution in [0.4, 0.5) is 5.69 Å². The molecule has 1 aliphatic carbocycles. The first-order valence-electron chi connectivity index (χ1n) is 6.97. The Labute approximate surface area is 116 Å². The Bertz CT molecular complexity index is 515. The van der Waals surface area contributed by atoms with Gasteiger partial charge in [0.15, 0.2) is 0 Å². The molecule has 1 aromatic rings. The minimum absolute atomic E-state index is 0.461. The highest BCUT2D eigenvalue weighted by molar-refractivity contribution is 5.84. The van der Waals surface area contributed by atoms with E-state index in [1.54, 1.807) is 0 Å². The van der Waals surface area contributed by atoms with Crippen LogP contribution in [-0.4, -0.2) is 6.21 Å². The van der Waals surface area contributed by atoms with Gasteiger partial charge in [0, 0.05) is 6.21 Å². The summed E-state index contributed by atoms with van der Waals surface area (Å²) in [6, 6.07) is 8.50. The number of nitrogens with zero attached hydrogens (tertiary/aromatic N) is 1. The van der Waals surface area contributed by atoms with Crippen LogP contribution in [0.5, 0.6) is 0 Å². The Balaban J connectivity index is 2.06. The van der Waals surface area contributed by atoms with Crippen molar-refractivity contribution in [2.24, 2.45) is 10.9 Å². The van der Waals surface area contributed by atoms with E-state index in [4.69, 9.17) is 0 Å². The summed E-state index contributed by atoms with van der Waals surface area (Å²) < 4.78 is 0. The summed E-state index contributed by atoms with van der Waals surface area (Å²) in [7, 11) is 0. The zero-order chi connectivity index (χ0) is 13.5. The van der Waals surface area contributed by atoms with Crippen molar-refractivity contribution in [1.82, 2.24) is 0 Å². The summed E-state index contributed by atoms with van der Waals surface area (Å²) >= 11 is 0. The highest BCUT2D eigenvalue weighted by Gasteiger charge is 1.97. The maximum atomic E-state index is 4.53. The van der Waals surface area contributed by atoms with Gasteiger partial charge in [0.25, 0.3) is 0 Å². The fourth-order valence-electron chi connectivity index (χ4n) is 2.09. The zero-order valence-corrected chi connectivity index (χ0v) is 11.7. The van der Waals surface area contributed by atoms with Crippen molar-refractivity contribution in [2.75, 3.05) is 0 Å². The molecule has 1 unspecified atom stereocenters. The molecule has 1 nitrogen and oxygen atoms in total. The van der Waals surface area contributed by atoms with Crippen LogP contribution >= 0.6 is 0 Å². The Morgan fingerprint density at radius 1 is 1.16 bits per heavy atom. The summed E-state index contributed by atoms with van der Waals surface area (Å²) in [5, 5.41) is 0. The fraction of sp³-hybridized carbons (Fsp3) is 0.278. The quantitative estimate of drug-likeness (QED) is 0.665. The first kappa shape index (κ1) is 13.5. The fourth-order valence-corrected chi connectivity index (χ4v) is 2.09. The second-order valence-corrected chi connectivity index (χ2v) is 4.94. The molecule has 2 rings (SSSR count). The van der Waals surface area contributed by atoms with E-state index in [0.717, 1.165) is 17.7 Å². The maximum Gasteiger partial charge on any atom is 0.0630 e. The Morgan fingerprint density at radius 3 is 2.68 bits per heavy atom. The molecule has 1 heteroatoms. The molecule has 19 heavy (non-hydrogen) atoms. The molecule has 0 saturated carbocycles. The molecule has 1 atom stereocenters. The molecule has 0 amide bonds. The minimum Gasteiger partial charge on any atom is -0.256 e. The second kappa shape index (κ2) is 6.89. The topological polar surface area (TPSA) is 12.4 Å². The highest BCUT2D eigenvalue weighted by atomic mass is 14.7. The molecule has 1 aromatic carbocycles. The standard InChI is InChI=1S/C18H21N/c1-3-6-16-9-11-18(12-10-16)19-14-17-8-5-4-7-15(2)13-17/h4-5,7-15H,3,6H2,1-2H3. The highest BCUT2D eigenvalue weighted by Crippen LogP contribution is 2.15. The van der Waals surface area contributed by atoms with Crippen LogP contribution in [0.2, 0.25) is 0 Å². The van der Waals surface area contributed by atoms with Gasteiger partial charge in [0.1, 0.15) is 0 Å². The number of benzene rings is 1. The van der Waals surface area contributed by atoms with Crippen LogP contribution in [0.25, 0.3) is 0 Å². The first-order valence-corrected chi connectivity index (χ1v) is 6.97. The van der Waals surface area contributed by atoms with Gasteiger partial charge in [-0.3, -0.25) is 4.99 Å². The van der Waals surface area contributed by atoms with Crippen molar-refractivity contribution in [3.8, 4) is 0 Å². The molecule has 0 spiro atoms. The van der Waals surface area contributed by atoms with Crippen LogP contribution in [-0.2, 0) is 6.42 Å². The molecule has 0 radical (unpaired) electrons. The largest absolute Gasteiger partial charge is 0.256 e. The summed E-state index contributed by atoms with van der Waals surface area (Å²) in [4.78, 5) is 4.53. The molecule has 1 aliphatic rings. The summed E-state index contributed by atoms with van der Waals surface area (Å²) in [6.07, 6.45) is 14.9. The number of aliphatic imine (C=N–C) groups is 1. The van der Waals surface area contributed by atoms with Crippen molar-refractivity contribution >= 4 is 11.9 Å². The predicted molar refractivity (Wildman–Crippen MR) is 84.1 cm³/mol. The predicted octanol–water partition coefficient (Wildman–Crippen LogP) is 5.03. The third kappa shape index (κ3) is 4.36. The molecule has 0 bridgehead atoms. The lowest BCUT2D eigenvalue weighted by atomic mass is 10.1. The van der Waals surface area contributed by atoms with E-state index >= 15 is 0 Å². The second-order valence-electron chi connectivity index (χ2n) is 4.94. The van der Waals surface area contributed by atoms with E-state index < -0.39 is 0 Å². The van der Waals surface area contributed by atoms with Gasteiger partial charge in [-0.15, -0.1) is 0 Å². The normalized spacial score (nSPS) is 18.6. The molecule has 0 saturated heterocycles. The van der Waals surface area contributed by atoms with Gasteiger partial charge in [-0.2, -0.15) is 0 Å². The SMILES string of the molecule is CCCc1ccc(N=CC2=CC(C)C=CC=C2)cc1. The van der Waals surface area contributed by atoms with Gasteiger partial charge in [0.2, 0.25) is 0 Å². The summed E-state index contributed by atoms with van der Waals surface area (Å²) in [5.41, 5.74) is 3.56. The van der Waals surface area contributed by atoms with Gasteiger partial charge >= 0.3 is 0 Å². The Kier molecular flexibility index (Phi) is 4.91. The number of rotatable bonds is 4. The van der Waals surface area contributed by atoms with E-state index in [-0.39, 0.29) is 0 Å². The van der Waals surface area contributed by atoms with E-state index in [0.29, 0.717) is 5.92 Å². The molecule has 0 aliphatic heterocycles. The van der Waals surface area contributed by atoms with E-state index in [9.17, 15) is 0 Å². The van der Waals surface area contributed by atoms with Crippen LogP contribution < -0.4 is 0 Å². The minimum atomic E-state index is 0.461. The molecule has 0 fully saturated rings. The molecule has 0 aromatic heterocycles. The lowest BCUT2D eigenvalue weighted by Gasteiger charge is -2.00. The Morgan fingerprint density at radius 2 is 1.95 bits per heavy atom. The lowest BCUT2D eigenvalue weighted by Crippen LogP contribution is -1.86. The smallest absolute Gasteiger partial charge is 0.0630 e. The molecular formula is C18H21N. The first-order chi connectivity index (χ1) is 9.28. The van der Waals surface area contributed by atoms with Gasteiger partial charge in [0.05, 0.1) is 5.69 Å². The third-order valence-electron chi connectivity index (χ3n) is 3.11. The van der Waals surface area contributed by atoms with E-state index in [1.807, 2.05) is 6.21 Å². The third-order valence-corrected chi connectivity index (χ3v) is 3.11.